The van der Waals surface area contributed by atoms with Crippen LogP contribution in [-0.2, 0) is 4.79 Å². The molecule has 24 heavy (non-hydrogen) atoms. The van der Waals surface area contributed by atoms with Crippen LogP contribution in [0.25, 0.3) is 0 Å². The van der Waals surface area contributed by atoms with Gasteiger partial charge < -0.3 is 0 Å². The van der Waals surface area contributed by atoms with E-state index in [0.29, 0.717) is 0 Å². The van der Waals surface area contributed by atoms with E-state index in [1.54, 1.807) is 0 Å². The van der Waals surface area contributed by atoms with Crippen LogP contribution < -0.4 is 0 Å². The fourth-order valence-corrected chi connectivity index (χ4v) is 1.18. The molecule has 0 amide bonds. The Morgan fingerprint density at radius 1 is 0.583 bits per heavy atom. The van der Waals surface area contributed by atoms with Crippen LogP contribution in [0, 0.1) is 0 Å². The van der Waals surface area contributed by atoms with Crippen LogP contribution >= 0.6 is 0 Å². The van der Waals surface area contributed by atoms with Gasteiger partial charge in [-0.15, -0.1) is 0 Å². The summed E-state index contributed by atoms with van der Waals surface area (Å²) in [5, 5.41) is 0. The summed E-state index contributed by atoms with van der Waals surface area (Å²) in [5.41, 5.74) is -7.68. The predicted octanol–water partition coefficient (Wildman–Crippen LogP) is 4.32. The van der Waals surface area contributed by atoms with Crippen molar-refractivity contribution in [1.82, 2.24) is 4.90 Å². The summed E-state index contributed by atoms with van der Waals surface area (Å²) in [6, 6.07) is -20.9. The Bertz CT molecular complexity index is 486. The average Bonchev–Trinajstić information content (AvgIpc) is 2.20. The summed E-state index contributed by atoms with van der Waals surface area (Å²) in [4.78, 5) is 5.28. The summed E-state index contributed by atoms with van der Waals surface area (Å²) in [6.45, 7) is 0. The Hall–Kier alpha value is -1.42. The Morgan fingerprint density at radius 2 is 0.917 bits per heavy atom. The largest absolute Gasteiger partial charge is 0.469 e. The monoisotopic (exact) mass is 399 g/mol. The molecule has 0 aromatic heterocycles. The highest BCUT2D eigenvalue weighted by atomic mass is 19.4. The number of carbonyl (C=O) groups is 1. The third-order valence-corrected chi connectivity index (χ3v) is 2.23. The van der Waals surface area contributed by atoms with Gasteiger partial charge in [0.2, 0.25) is 0 Å². The zero-order valence-corrected chi connectivity index (χ0v) is 10.0. The van der Waals surface area contributed by atoms with Crippen molar-refractivity contribution in [1.29, 1.82) is 0 Å². The minimum atomic E-state index is -8.08. The molecule has 0 saturated heterocycles. The van der Waals surface area contributed by atoms with E-state index in [9.17, 15) is 70.7 Å². The Kier molecular flexibility index (Phi) is 5.22. The van der Waals surface area contributed by atoms with Crippen LogP contribution in [0.15, 0.2) is 0 Å². The van der Waals surface area contributed by atoms with Crippen molar-refractivity contribution in [3.8, 4) is 0 Å². The lowest BCUT2D eigenvalue weighted by molar-refractivity contribution is -0.484. The first-order chi connectivity index (χ1) is 10.1. The van der Waals surface area contributed by atoms with Crippen LogP contribution in [0.5, 0.6) is 0 Å². The van der Waals surface area contributed by atoms with Crippen molar-refractivity contribution < 1.29 is 70.7 Å². The maximum Gasteiger partial charge on any atom is 0.469 e. The molecule has 0 rings (SSSR count). The summed E-state index contributed by atoms with van der Waals surface area (Å²) < 4.78 is 184. The van der Waals surface area contributed by atoms with Crippen LogP contribution in [0.2, 0.25) is 0 Å². The van der Waals surface area contributed by atoms with Crippen molar-refractivity contribution in [3.05, 3.63) is 0 Å². The molecule has 0 aliphatic heterocycles. The van der Waals surface area contributed by atoms with Crippen molar-refractivity contribution in [3.63, 3.8) is 0 Å². The van der Waals surface area contributed by atoms with E-state index < -0.39 is 47.4 Å². The first kappa shape index (κ1) is 22.6. The van der Waals surface area contributed by atoms with Crippen molar-refractivity contribution >= 4 is 6.04 Å². The van der Waals surface area contributed by atoms with Crippen molar-refractivity contribution in [2.24, 2.45) is 0 Å². The van der Waals surface area contributed by atoms with Gasteiger partial charge in [0.1, 0.15) is 0 Å². The zero-order chi connectivity index (χ0) is 20.2. The minimum Gasteiger partial charge on any atom is -0.257 e. The summed E-state index contributed by atoms with van der Waals surface area (Å²) in [6.07, 6.45) is -22.9. The molecular formula is C7F15NO. The lowest BCUT2D eigenvalue weighted by Crippen LogP contribution is -2.74. The molecule has 0 aliphatic carbocycles. The standard InChI is InChI=1S/C7F15NO/c8-1(24)2(9,3(10,11)12)5(16,17)23(7(20,21)22)6(18,19)4(13,14)15. The van der Waals surface area contributed by atoms with Gasteiger partial charge >= 0.3 is 42.5 Å². The van der Waals surface area contributed by atoms with Gasteiger partial charge in [-0.25, -0.2) is 4.39 Å². The normalized spacial score (nSPS) is 17.8. The van der Waals surface area contributed by atoms with E-state index in [0.717, 1.165) is 0 Å². The number of hydrogen-bond acceptors (Lipinski definition) is 2. The molecule has 0 aromatic rings. The highest BCUT2D eigenvalue weighted by Crippen LogP contribution is 2.56. The second-order valence-electron chi connectivity index (χ2n) is 3.81. The first-order valence-corrected chi connectivity index (χ1v) is 4.71. The fourth-order valence-electron chi connectivity index (χ4n) is 1.18. The number of alkyl halides is 14. The molecule has 0 saturated carbocycles. The zero-order valence-electron chi connectivity index (χ0n) is 10.0. The third-order valence-electron chi connectivity index (χ3n) is 2.23. The molecule has 1 atom stereocenters. The van der Waals surface area contributed by atoms with E-state index >= 15 is 0 Å². The van der Waals surface area contributed by atoms with Crippen molar-refractivity contribution in [2.75, 3.05) is 0 Å². The number of rotatable bonds is 4. The molecule has 0 bridgehead atoms. The maximum absolute atomic E-state index is 13.1. The van der Waals surface area contributed by atoms with Gasteiger partial charge in [-0.05, 0) is 0 Å². The molecule has 144 valence electrons. The van der Waals surface area contributed by atoms with Crippen LogP contribution in [-0.4, -0.2) is 47.4 Å². The SMILES string of the molecule is O=C(F)C(F)(C(F)(F)F)C(F)(F)N(C(F)(F)F)C(F)(F)C(F)(F)F. The predicted molar refractivity (Wildman–Crippen MR) is 39.9 cm³/mol. The van der Waals surface area contributed by atoms with Gasteiger partial charge in [0.05, 0.1) is 0 Å². The Morgan fingerprint density at radius 3 is 1.08 bits per heavy atom. The van der Waals surface area contributed by atoms with Gasteiger partial charge in [0, 0.05) is 0 Å². The van der Waals surface area contributed by atoms with Crippen molar-refractivity contribution in [2.45, 2.75) is 36.4 Å². The van der Waals surface area contributed by atoms with Gasteiger partial charge in [0.25, 0.3) is 0 Å². The number of nitrogens with zero attached hydrogens (tertiary/aromatic N) is 1. The molecule has 0 radical (unpaired) electrons. The summed E-state index contributed by atoms with van der Waals surface area (Å²) >= 11 is 0. The molecule has 0 aliphatic rings. The number of hydrogen-bond donors (Lipinski definition) is 0. The van der Waals surface area contributed by atoms with Gasteiger partial charge in [-0.1, -0.05) is 4.90 Å². The van der Waals surface area contributed by atoms with Crippen LogP contribution in [0.3, 0.4) is 0 Å². The number of carbonyl (C=O) groups excluding carboxylic acids is 1. The van der Waals surface area contributed by atoms with E-state index in [-0.39, 0.29) is 0 Å². The lowest BCUT2D eigenvalue weighted by Gasteiger charge is -2.42. The van der Waals surface area contributed by atoms with E-state index in [1.165, 1.54) is 0 Å². The van der Waals surface area contributed by atoms with E-state index in [2.05, 4.69) is 0 Å². The molecule has 0 spiro atoms. The van der Waals surface area contributed by atoms with E-state index in [4.69, 9.17) is 0 Å². The number of halogens is 15. The summed E-state index contributed by atoms with van der Waals surface area (Å²) in [5.74, 6) is 0. The minimum absolute atomic E-state index is 4.53. The maximum atomic E-state index is 13.1. The molecule has 0 heterocycles. The highest BCUT2D eigenvalue weighted by molar-refractivity contribution is 5.80. The second kappa shape index (κ2) is 5.55. The average molecular weight is 399 g/mol. The lowest BCUT2D eigenvalue weighted by atomic mass is 10.0. The molecule has 17 heteroatoms. The van der Waals surface area contributed by atoms with Gasteiger partial charge in [0.15, 0.2) is 0 Å². The fraction of sp³-hybridized carbons (Fsp3) is 0.857. The molecule has 0 fully saturated rings. The smallest absolute Gasteiger partial charge is 0.257 e. The Labute approximate surface area is 119 Å². The van der Waals surface area contributed by atoms with Gasteiger partial charge in [-0.3, -0.25) is 4.79 Å². The Balaban J connectivity index is 6.79. The molecule has 2 nitrogen and oxygen atoms in total. The molecule has 1 unspecified atom stereocenters. The van der Waals surface area contributed by atoms with Crippen LogP contribution in [0.4, 0.5) is 65.9 Å². The summed E-state index contributed by atoms with van der Waals surface area (Å²) in [7, 11) is 0. The molecular weight excluding hydrogens is 399 g/mol. The molecule has 0 aromatic carbocycles. The quantitative estimate of drug-likeness (QED) is 0.399. The first-order valence-electron chi connectivity index (χ1n) is 4.71. The highest BCUT2D eigenvalue weighted by Gasteiger charge is 2.87. The topological polar surface area (TPSA) is 20.3 Å². The second-order valence-corrected chi connectivity index (χ2v) is 3.81. The van der Waals surface area contributed by atoms with E-state index in [1.807, 2.05) is 0 Å². The van der Waals surface area contributed by atoms with Crippen LogP contribution in [0.1, 0.15) is 0 Å². The van der Waals surface area contributed by atoms with Gasteiger partial charge in [-0.2, -0.15) is 61.5 Å². The third kappa shape index (κ3) is 3.21. The molecule has 0 N–H and O–H groups in total.